The van der Waals surface area contributed by atoms with E-state index in [0.29, 0.717) is 0 Å². The molecule has 0 amide bonds. The molecule has 1 aromatic heterocycles. The molecule has 2 aromatic rings. The Bertz CT molecular complexity index is 486. The molecule has 0 N–H and O–H groups in total. The van der Waals surface area contributed by atoms with Crippen molar-refractivity contribution in [2.24, 2.45) is 0 Å². The van der Waals surface area contributed by atoms with E-state index in [1.807, 2.05) is 18.2 Å². The van der Waals surface area contributed by atoms with Crippen LogP contribution in [0, 0.1) is 5.21 Å². The van der Waals surface area contributed by atoms with Gasteiger partial charge in [-0.25, -0.2) is 0 Å². The summed E-state index contributed by atoms with van der Waals surface area (Å²) in [6.45, 7) is 0. The molecule has 4 bridgehead atoms. The molecular weight excluding hydrogens is 210 g/mol. The van der Waals surface area contributed by atoms with E-state index in [2.05, 4.69) is 24.3 Å². The summed E-state index contributed by atoms with van der Waals surface area (Å²) in [6.07, 6.45) is 3.51. The number of nitrogens with zero attached hydrogens (tertiary/aromatic N) is 1. The van der Waals surface area contributed by atoms with Crippen LogP contribution in [0.5, 0.6) is 0 Å². The molecule has 0 saturated carbocycles. The number of aromatic nitrogens is 1. The molecule has 2 nitrogen and oxygen atoms in total. The average Bonchev–Trinajstić information content (AvgIpc) is 2.39. The topological polar surface area (TPSA) is 26.9 Å². The van der Waals surface area contributed by atoms with Gasteiger partial charge in [-0.1, -0.05) is 24.3 Å². The number of aryl methyl sites for hydroxylation is 4. The average molecular weight is 225 g/mol. The van der Waals surface area contributed by atoms with Gasteiger partial charge in [-0.15, -0.1) is 0 Å². The summed E-state index contributed by atoms with van der Waals surface area (Å²) in [5, 5.41) is 12.1. The van der Waals surface area contributed by atoms with Crippen molar-refractivity contribution >= 4 is 0 Å². The van der Waals surface area contributed by atoms with Gasteiger partial charge in [-0.2, -0.15) is 4.73 Å². The number of fused-ring (bicyclic) bond motifs is 4. The van der Waals surface area contributed by atoms with Crippen LogP contribution < -0.4 is 4.73 Å². The Balaban J connectivity index is 2.04. The minimum absolute atomic E-state index is 0.816. The van der Waals surface area contributed by atoms with Gasteiger partial charge in [0.25, 0.3) is 0 Å². The van der Waals surface area contributed by atoms with Crippen molar-refractivity contribution in [2.45, 2.75) is 25.7 Å². The van der Waals surface area contributed by atoms with Crippen molar-refractivity contribution in [2.75, 3.05) is 0 Å². The van der Waals surface area contributed by atoms with Gasteiger partial charge < -0.3 is 5.21 Å². The summed E-state index contributed by atoms with van der Waals surface area (Å²) < 4.78 is 1.12. The fourth-order valence-corrected chi connectivity index (χ4v) is 2.38. The van der Waals surface area contributed by atoms with Gasteiger partial charge in [0.05, 0.1) is 0 Å². The van der Waals surface area contributed by atoms with Crippen molar-refractivity contribution in [3.63, 3.8) is 0 Å². The smallest absolute Gasteiger partial charge is 0.193 e. The second-order valence-electron chi connectivity index (χ2n) is 4.62. The molecule has 2 aliphatic heterocycles. The summed E-state index contributed by atoms with van der Waals surface area (Å²) in [5.74, 6) is 0. The number of hydrogen-bond acceptors (Lipinski definition) is 1. The summed E-state index contributed by atoms with van der Waals surface area (Å²) in [5.41, 5.74) is 4.38. The van der Waals surface area contributed by atoms with Gasteiger partial charge in [0.15, 0.2) is 11.4 Å². The third-order valence-corrected chi connectivity index (χ3v) is 3.46. The highest BCUT2D eigenvalue weighted by molar-refractivity contribution is 5.24. The minimum Gasteiger partial charge on any atom is -0.618 e. The Kier molecular flexibility index (Phi) is 2.56. The Morgan fingerprint density at radius 1 is 0.706 bits per heavy atom. The first-order valence-corrected chi connectivity index (χ1v) is 6.11. The Morgan fingerprint density at radius 2 is 1.18 bits per heavy atom. The molecule has 3 heterocycles. The third-order valence-electron chi connectivity index (χ3n) is 3.46. The molecule has 2 aliphatic rings. The van der Waals surface area contributed by atoms with Crippen LogP contribution in [0.25, 0.3) is 0 Å². The second kappa shape index (κ2) is 4.21. The molecule has 17 heavy (non-hydrogen) atoms. The fraction of sp³-hybridized carbons (Fsp3) is 0.267. The maximum atomic E-state index is 12.1. The first kappa shape index (κ1) is 10.3. The van der Waals surface area contributed by atoms with Gasteiger partial charge in [0.2, 0.25) is 0 Å². The quantitative estimate of drug-likeness (QED) is 0.499. The van der Waals surface area contributed by atoms with E-state index in [-0.39, 0.29) is 0 Å². The standard InChI is InChI=1S/C15H15NO/c17-16-14-2-1-3-15(16)11-9-13-6-4-12(5-7-13)8-10-14/h1-7H,8-11H2. The van der Waals surface area contributed by atoms with E-state index in [1.165, 1.54) is 11.1 Å². The van der Waals surface area contributed by atoms with Crippen LogP contribution in [0.2, 0.25) is 0 Å². The predicted octanol–water partition coefficient (Wildman–Crippen LogP) is 2.20. The molecular formula is C15H15NO. The maximum Gasteiger partial charge on any atom is 0.193 e. The molecule has 0 aliphatic carbocycles. The van der Waals surface area contributed by atoms with Crippen molar-refractivity contribution in [3.05, 3.63) is 70.2 Å². The minimum atomic E-state index is 0.816. The number of rotatable bonds is 0. The molecule has 0 atom stereocenters. The molecule has 1 aromatic carbocycles. The highest BCUT2D eigenvalue weighted by atomic mass is 16.5. The lowest BCUT2D eigenvalue weighted by molar-refractivity contribution is -0.622. The van der Waals surface area contributed by atoms with Crippen LogP contribution in [0.1, 0.15) is 22.5 Å². The SMILES string of the molecule is [O-][n+]1c2cccc1CCc1ccc(cc1)CC2. The van der Waals surface area contributed by atoms with Crippen molar-refractivity contribution in [3.8, 4) is 0 Å². The lowest BCUT2D eigenvalue weighted by atomic mass is 10.0. The van der Waals surface area contributed by atoms with E-state index < -0.39 is 0 Å². The maximum absolute atomic E-state index is 12.1. The molecule has 0 unspecified atom stereocenters. The van der Waals surface area contributed by atoms with Crippen molar-refractivity contribution < 1.29 is 4.73 Å². The highest BCUT2D eigenvalue weighted by Gasteiger charge is 2.12. The van der Waals surface area contributed by atoms with E-state index in [1.54, 1.807) is 0 Å². The fourth-order valence-electron chi connectivity index (χ4n) is 2.38. The zero-order valence-corrected chi connectivity index (χ0v) is 9.73. The number of pyridine rings is 1. The molecule has 0 fully saturated rings. The largest absolute Gasteiger partial charge is 0.618 e. The third kappa shape index (κ3) is 2.03. The van der Waals surface area contributed by atoms with Gasteiger partial charge in [-0.05, 0) is 30.0 Å². The van der Waals surface area contributed by atoms with E-state index in [9.17, 15) is 5.21 Å². The molecule has 0 spiro atoms. The molecule has 2 heteroatoms. The number of hydrogen-bond donors (Lipinski definition) is 0. The van der Waals surface area contributed by atoms with Gasteiger partial charge >= 0.3 is 0 Å². The second-order valence-corrected chi connectivity index (χ2v) is 4.62. The van der Waals surface area contributed by atoms with Gasteiger partial charge in [-0.3, -0.25) is 0 Å². The van der Waals surface area contributed by atoms with Gasteiger partial charge in [0.1, 0.15) is 0 Å². The van der Waals surface area contributed by atoms with Crippen LogP contribution in [-0.4, -0.2) is 0 Å². The molecule has 0 radical (unpaired) electrons. The lowest BCUT2D eigenvalue weighted by Gasteiger charge is -2.08. The summed E-state index contributed by atoms with van der Waals surface area (Å²) >= 11 is 0. The molecule has 86 valence electrons. The Hall–Kier alpha value is -1.83. The summed E-state index contributed by atoms with van der Waals surface area (Å²) in [7, 11) is 0. The highest BCUT2D eigenvalue weighted by Crippen LogP contribution is 2.12. The first-order chi connectivity index (χ1) is 8.33. The Labute approximate surface area is 101 Å². The molecule has 0 saturated heterocycles. The van der Waals surface area contributed by atoms with E-state index >= 15 is 0 Å². The predicted molar refractivity (Wildman–Crippen MR) is 66.7 cm³/mol. The number of benzene rings is 1. The lowest BCUT2D eigenvalue weighted by Crippen LogP contribution is -2.37. The van der Waals surface area contributed by atoms with E-state index in [4.69, 9.17) is 0 Å². The normalized spacial score (nSPS) is 14.4. The zero-order chi connectivity index (χ0) is 11.7. The van der Waals surface area contributed by atoms with Crippen LogP contribution in [0.3, 0.4) is 0 Å². The Morgan fingerprint density at radius 3 is 1.65 bits per heavy atom. The summed E-state index contributed by atoms with van der Waals surface area (Å²) in [6, 6.07) is 14.6. The van der Waals surface area contributed by atoms with E-state index in [0.717, 1.165) is 41.8 Å². The van der Waals surface area contributed by atoms with Crippen LogP contribution >= 0.6 is 0 Å². The zero-order valence-electron chi connectivity index (χ0n) is 9.73. The first-order valence-electron chi connectivity index (χ1n) is 6.11. The van der Waals surface area contributed by atoms with Crippen molar-refractivity contribution in [1.82, 2.24) is 0 Å². The van der Waals surface area contributed by atoms with Crippen LogP contribution in [0.15, 0.2) is 42.5 Å². The molecule has 4 rings (SSSR count). The van der Waals surface area contributed by atoms with Crippen LogP contribution in [-0.2, 0) is 25.7 Å². The monoisotopic (exact) mass is 225 g/mol. The van der Waals surface area contributed by atoms with Crippen molar-refractivity contribution in [1.29, 1.82) is 0 Å². The summed E-state index contributed by atoms with van der Waals surface area (Å²) in [4.78, 5) is 0. The van der Waals surface area contributed by atoms with Gasteiger partial charge in [0, 0.05) is 25.0 Å². The van der Waals surface area contributed by atoms with Crippen LogP contribution in [0.4, 0.5) is 0 Å².